The maximum absolute atomic E-state index is 11.8. The zero-order valence-corrected chi connectivity index (χ0v) is 9.38. The number of hydrogen-bond acceptors (Lipinski definition) is 3. The lowest BCUT2D eigenvalue weighted by Crippen LogP contribution is -2.03. The van der Waals surface area contributed by atoms with E-state index in [0.29, 0.717) is 0 Å². The molecule has 1 aromatic rings. The Morgan fingerprint density at radius 3 is 2.27 bits per heavy atom. The van der Waals surface area contributed by atoms with Gasteiger partial charge in [0.15, 0.2) is 0 Å². The van der Waals surface area contributed by atoms with Crippen LogP contribution in [0.15, 0.2) is 40.1 Å². The fraction of sp³-hybridized carbons (Fsp3) is 0.182. The Morgan fingerprint density at radius 1 is 1.33 bits per heavy atom. The van der Waals surface area contributed by atoms with Gasteiger partial charge in [-0.25, -0.2) is 8.42 Å². The molecule has 0 saturated carbocycles. The molecule has 0 amide bonds. The molecule has 0 aliphatic carbocycles. The van der Waals surface area contributed by atoms with Gasteiger partial charge < -0.3 is 0 Å². The standard InChI is InChI=1S/C11H11NO2S/c1-3-10(8-12)15(13,14)11-6-4-9(2)5-7-11/h3-7H,1-2H3/b10-3+. The molecule has 0 spiro atoms. The van der Waals surface area contributed by atoms with Crippen LogP contribution in [0, 0.1) is 18.3 Å². The van der Waals surface area contributed by atoms with E-state index in [-0.39, 0.29) is 9.80 Å². The Morgan fingerprint density at radius 2 is 1.87 bits per heavy atom. The number of benzene rings is 1. The first-order chi connectivity index (χ1) is 7.02. The molecular weight excluding hydrogens is 210 g/mol. The second-order valence-electron chi connectivity index (χ2n) is 3.08. The van der Waals surface area contributed by atoms with Gasteiger partial charge in [0, 0.05) is 0 Å². The number of nitriles is 1. The lowest BCUT2D eigenvalue weighted by atomic mass is 10.2. The molecule has 3 nitrogen and oxygen atoms in total. The second-order valence-corrected chi connectivity index (χ2v) is 5.00. The van der Waals surface area contributed by atoms with Gasteiger partial charge in [-0.1, -0.05) is 23.8 Å². The summed E-state index contributed by atoms with van der Waals surface area (Å²) in [5.74, 6) is 0. The third kappa shape index (κ3) is 2.25. The van der Waals surface area contributed by atoms with Gasteiger partial charge in [-0.05, 0) is 26.0 Å². The van der Waals surface area contributed by atoms with E-state index in [4.69, 9.17) is 5.26 Å². The van der Waals surface area contributed by atoms with Gasteiger partial charge >= 0.3 is 0 Å². The number of rotatable bonds is 2. The maximum Gasteiger partial charge on any atom is 0.216 e. The normalized spacial score (nSPS) is 12.2. The Kier molecular flexibility index (Phi) is 3.28. The zero-order chi connectivity index (χ0) is 11.5. The molecule has 0 unspecified atom stereocenters. The van der Waals surface area contributed by atoms with Crippen LogP contribution < -0.4 is 0 Å². The summed E-state index contributed by atoms with van der Waals surface area (Å²) in [7, 11) is -3.62. The zero-order valence-electron chi connectivity index (χ0n) is 8.56. The molecule has 0 fully saturated rings. The number of aryl methyl sites for hydroxylation is 1. The van der Waals surface area contributed by atoms with Crippen LogP contribution in [0.5, 0.6) is 0 Å². The molecule has 0 saturated heterocycles. The molecule has 0 aromatic heterocycles. The molecule has 0 radical (unpaired) electrons. The number of sulfone groups is 1. The van der Waals surface area contributed by atoms with E-state index in [1.807, 2.05) is 6.92 Å². The summed E-state index contributed by atoms with van der Waals surface area (Å²) in [5.41, 5.74) is 0.980. The molecule has 0 bridgehead atoms. The minimum Gasteiger partial charge on any atom is -0.218 e. The SMILES string of the molecule is C/C=C(\C#N)S(=O)(=O)c1ccc(C)cc1. The first kappa shape index (κ1) is 11.5. The predicted octanol–water partition coefficient (Wildman–Crippen LogP) is 2.20. The van der Waals surface area contributed by atoms with E-state index in [0.717, 1.165) is 5.56 Å². The highest BCUT2D eigenvalue weighted by molar-refractivity contribution is 7.95. The van der Waals surface area contributed by atoms with E-state index < -0.39 is 9.84 Å². The minimum atomic E-state index is -3.62. The molecule has 15 heavy (non-hydrogen) atoms. The van der Waals surface area contributed by atoms with Gasteiger partial charge in [0.25, 0.3) is 0 Å². The maximum atomic E-state index is 11.8. The highest BCUT2D eigenvalue weighted by Crippen LogP contribution is 2.18. The van der Waals surface area contributed by atoms with Gasteiger partial charge in [0.05, 0.1) is 4.90 Å². The van der Waals surface area contributed by atoms with Crippen molar-refractivity contribution in [2.75, 3.05) is 0 Å². The molecule has 1 aromatic carbocycles. The Hall–Kier alpha value is -1.60. The van der Waals surface area contributed by atoms with Crippen LogP contribution in [0.25, 0.3) is 0 Å². The van der Waals surface area contributed by atoms with Crippen molar-refractivity contribution in [1.82, 2.24) is 0 Å². The third-order valence-electron chi connectivity index (χ3n) is 1.99. The van der Waals surface area contributed by atoms with Gasteiger partial charge in [-0.3, -0.25) is 0 Å². The van der Waals surface area contributed by atoms with Crippen molar-refractivity contribution >= 4 is 9.84 Å². The van der Waals surface area contributed by atoms with Crippen molar-refractivity contribution in [2.24, 2.45) is 0 Å². The molecule has 0 aliphatic rings. The minimum absolute atomic E-state index is 0.155. The van der Waals surface area contributed by atoms with E-state index in [9.17, 15) is 8.42 Å². The topological polar surface area (TPSA) is 57.9 Å². The fourth-order valence-corrected chi connectivity index (χ4v) is 2.30. The van der Waals surface area contributed by atoms with Crippen molar-refractivity contribution in [3.05, 3.63) is 40.8 Å². The van der Waals surface area contributed by atoms with Crippen LogP contribution in [0.1, 0.15) is 12.5 Å². The van der Waals surface area contributed by atoms with E-state index in [2.05, 4.69) is 0 Å². The van der Waals surface area contributed by atoms with Crippen molar-refractivity contribution < 1.29 is 8.42 Å². The monoisotopic (exact) mass is 221 g/mol. The summed E-state index contributed by atoms with van der Waals surface area (Å²) in [6.45, 7) is 3.40. The molecule has 0 heterocycles. The smallest absolute Gasteiger partial charge is 0.216 e. The van der Waals surface area contributed by atoms with Gasteiger partial charge in [-0.15, -0.1) is 0 Å². The van der Waals surface area contributed by atoms with Crippen molar-refractivity contribution in [3.63, 3.8) is 0 Å². The first-order valence-electron chi connectivity index (χ1n) is 4.40. The fourth-order valence-electron chi connectivity index (χ4n) is 1.12. The molecular formula is C11H11NO2S. The predicted molar refractivity (Wildman–Crippen MR) is 57.7 cm³/mol. The van der Waals surface area contributed by atoms with Gasteiger partial charge in [0.1, 0.15) is 11.0 Å². The Labute approximate surface area is 89.6 Å². The number of hydrogen-bond donors (Lipinski definition) is 0. The van der Waals surface area contributed by atoms with E-state index in [1.54, 1.807) is 18.2 Å². The average Bonchev–Trinajstić information content (AvgIpc) is 2.19. The summed E-state index contributed by atoms with van der Waals surface area (Å²) in [4.78, 5) is -0.0610. The van der Waals surface area contributed by atoms with Crippen LogP contribution >= 0.6 is 0 Å². The van der Waals surface area contributed by atoms with Crippen LogP contribution in [0.3, 0.4) is 0 Å². The third-order valence-corrected chi connectivity index (χ3v) is 3.79. The lowest BCUT2D eigenvalue weighted by molar-refractivity contribution is 0.603. The largest absolute Gasteiger partial charge is 0.218 e. The Bertz CT molecular complexity index is 519. The molecule has 0 atom stereocenters. The quantitative estimate of drug-likeness (QED) is 0.719. The summed E-state index contributed by atoms with van der Waals surface area (Å²) < 4.78 is 23.6. The highest BCUT2D eigenvalue weighted by Gasteiger charge is 2.19. The summed E-state index contributed by atoms with van der Waals surface area (Å²) in [6, 6.07) is 8.10. The lowest BCUT2D eigenvalue weighted by Gasteiger charge is -2.02. The number of nitrogens with zero attached hydrogens (tertiary/aromatic N) is 1. The first-order valence-corrected chi connectivity index (χ1v) is 5.89. The second kappa shape index (κ2) is 4.28. The van der Waals surface area contributed by atoms with Crippen LogP contribution in [0.4, 0.5) is 0 Å². The molecule has 1 rings (SSSR count). The van der Waals surface area contributed by atoms with E-state index in [1.165, 1.54) is 25.1 Å². The number of allylic oxidation sites excluding steroid dienone is 2. The van der Waals surface area contributed by atoms with Crippen molar-refractivity contribution in [1.29, 1.82) is 5.26 Å². The van der Waals surface area contributed by atoms with Gasteiger partial charge in [-0.2, -0.15) is 5.26 Å². The van der Waals surface area contributed by atoms with Crippen LogP contribution in [-0.4, -0.2) is 8.42 Å². The van der Waals surface area contributed by atoms with Crippen molar-refractivity contribution in [2.45, 2.75) is 18.7 Å². The van der Waals surface area contributed by atoms with Gasteiger partial charge in [0.2, 0.25) is 9.84 Å². The van der Waals surface area contributed by atoms with Crippen LogP contribution in [-0.2, 0) is 9.84 Å². The highest BCUT2D eigenvalue weighted by atomic mass is 32.2. The van der Waals surface area contributed by atoms with Crippen molar-refractivity contribution in [3.8, 4) is 6.07 Å². The summed E-state index contributed by atoms with van der Waals surface area (Å²) in [5, 5.41) is 8.68. The molecule has 0 N–H and O–H groups in total. The van der Waals surface area contributed by atoms with E-state index >= 15 is 0 Å². The summed E-state index contributed by atoms with van der Waals surface area (Å²) in [6.07, 6.45) is 1.30. The molecule has 78 valence electrons. The average molecular weight is 221 g/mol. The molecule has 0 aliphatic heterocycles. The Balaban J connectivity index is 3.31. The summed E-state index contributed by atoms with van der Waals surface area (Å²) >= 11 is 0. The molecule has 4 heteroatoms. The van der Waals surface area contributed by atoms with Crippen LogP contribution in [0.2, 0.25) is 0 Å².